The van der Waals surface area contributed by atoms with E-state index in [1.54, 1.807) is 12.1 Å². The maximum absolute atomic E-state index is 14.9. The minimum atomic E-state index is -2.85. The van der Waals surface area contributed by atoms with Crippen LogP contribution < -0.4 is 22.1 Å². The number of rotatable bonds is 6. The van der Waals surface area contributed by atoms with Crippen molar-refractivity contribution in [1.29, 1.82) is 0 Å². The normalized spacial score (nSPS) is 27.5. The molecule has 3 atom stereocenters. The van der Waals surface area contributed by atoms with Gasteiger partial charge >= 0.3 is 11.8 Å². The number of aryl methyl sites for hydroxylation is 1. The van der Waals surface area contributed by atoms with Crippen molar-refractivity contribution < 1.29 is 27.2 Å². The summed E-state index contributed by atoms with van der Waals surface area (Å²) in [6.07, 6.45) is -1.18. The minimum absolute atomic E-state index is 0.00554. The molecule has 40 heavy (non-hydrogen) atoms. The van der Waals surface area contributed by atoms with Gasteiger partial charge in [-0.15, -0.1) is 0 Å². The molecule has 0 aliphatic heterocycles. The van der Waals surface area contributed by atoms with Gasteiger partial charge in [-0.1, -0.05) is 0 Å². The van der Waals surface area contributed by atoms with E-state index >= 15 is 0 Å². The molecule has 13 nitrogen and oxygen atoms in total. The number of carbonyl (C=O) groups excluding carboxylic acids is 2. The molecular formula is C25H27F2N9O4. The van der Waals surface area contributed by atoms with Crippen molar-refractivity contribution in [3.63, 3.8) is 0 Å². The van der Waals surface area contributed by atoms with Crippen LogP contribution in [0.2, 0.25) is 0 Å². The van der Waals surface area contributed by atoms with E-state index in [-0.39, 0.29) is 54.0 Å². The smallest absolute Gasteiger partial charge is 0.407 e. The van der Waals surface area contributed by atoms with Gasteiger partial charge in [0.25, 0.3) is 0 Å². The van der Waals surface area contributed by atoms with E-state index in [2.05, 4.69) is 30.4 Å². The van der Waals surface area contributed by atoms with Gasteiger partial charge in [-0.3, -0.25) is 13.9 Å². The van der Waals surface area contributed by atoms with Gasteiger partial charge in [0.15, 0.2) is 5.65 Å². The number of alkyl carbamates (subject to hydrolysis) is 1. The molecule has 4 heterocycles. The number of hydrogen-bond acceptors (Lipinski definition) is 8. The first kappa shape index (κ1) is 22.3. The first-order valence-electron chi connectivity index (χ1n) is 14.0. The third-order valence-electron chi connectivity index (χ3n) is 7.73. The molecule has 6 rings (SSSR count). The number of nitrogens with zero attached hydrogens (tertiary/aromatic N) is 6. The van der Waals surface area contributed by atoms with Crippen molar-refractivity contribution in [2.45, 2.75) is 55.6 Å². The highest BCUT2D eigenvalue weighted by Crippen LogP contribution is 2.42. The number of pyridine rings is 2. The van der Waals surface area contributed by atoms with Crippen molar-refractivity contribution >= 4 is 45.7 Å². The number of nitrogens with two attached hydrogens (primary N) is 1. The number of amides is 2. The van der Waals surface area contributed by atoms with Crippen LogP contribution in [0.3, 0.4) is 0 Å². The lowest BCUT2D eigenvalue weighted by atomic mass is 9.74. The molecule has 4 N–H and O–H groups in total. The summed E-state index contributed by atoms with van der Waals surface area (Å²) in [4.78, 5) is 46.2. The van der Waals surface area contributed by atoms with Crippen molar-refractivity contribution in [2.75, 3.05) is 12.4 Å². The first-order valence-corrected chi connectivity index (χ1v) is 12.5. The van der Waals surface area contributed by atoms with Gasteiger partial charge in [0.05, 0.1) is 36.6 Å². The summed E-state index contributed by atoms with van der Waals surface area (Å²) in [6, 6.07) is 3.03. The van der Waals surface area contributed by atoms with E-state index in [9.17, 15) is 23.2 Å². The van der Waals surface area contributed by atoms with E-state index in [0.29, 0.717) is 9.95 Å². The highest BCUT2D eigenvalue weighted by Gasteiger charge is 2.53. The Kier molecular flexibility index (Phi) is 5.16. The van der Waals surface area contributed by atoms with E-state index in [0.717, 1.165) is 7.11 Å². The van der Waals surface area contributed by atoms with E-state index < -0.39 is 54.6 Å². The molecule has 2 aliphatic carbocycles. The number of alkyl halides is 2. The quantitative estimate of drug-likeness (QED) is 0.323. The molecule has 0 bridgehead atoms. The summed E-state index contributed by atoms with van der Waals surface area (Å²) >= 11 is 0. The number of halogens is 2. The highest BCUT2D eigenvalue weighted by atomic mass is 19.1. The number of ether oxygens (including phenoxy) is 1. The highest BCUT2D eigenvalue weighted by molar-refractivity contribution is 5.87. The predicted molar refractivity (Wildman–Crippen MR) is 140 cm³/mol. The van der Waals surface area contributed by atoms with Gasteiger partial charge in [0.2, 0.25) is 5.91 Å². The van der Waals surface area contributed by atoms with Crippen molar-refractivity contribution in [1.82, 2.24) is 34.2 Å². The Morgan fingerprint density at radius 1 is 1.20 bits per heavy atom. The van der Waals surface area contributed by atoms with Crippen molar-refractivity contribution in [3.8, 4) is 0 Å². The Hall–Kier alpha value is -4.56. The molecule has 0 radical (unpaired) electrons. The number of fused-ring (bicyclic) bond motifs is 2. The first-order chi connectivity index (χ1) is 20.3. The molecule has 0 aromatic carbocycles. The molecule has 4 aromatic rings. The third-order valence-corrected chi connectivity index (χ3v) is 7.73. The maximum Gasteiger partial charge on any atom is 0.407 e. The fraction of sp³-hybridized carbons (Fsp3) is 0.440. The fourth-order valence-corrected chi connectivity index (χ4v) is 5.64. The molecule has 0 saturated heterocycles. The van der Waals surface area contributed by atoms with E-state index in [1.807, 2.05) is 0 Å². The van der Waals surface area contributed by atoms with Crippen LogP contribution in [0.25, 0.3) is 22.1 Å². The molecule has 15 heteroatoms. The van der Waals surface area contributed by atoms with Crippen LogP contribution in [-0.4, -0.2) is 66.4 Å². The molecule has 2 fully saturated rings. The van der Waals surface area contributed by atoms with Gasteiger partial charge in [-0.05, 0) is 18.6 Å². The average molecular weight is 559 g/mol. The fourth-order valence-electron chi connectivity index (χ4n) is 5.64. The molecule has 2 saturated carbocycles. The second-order valence-electron chi connectivity index (χ2n) is 10.1. The SMILES string of the molecule is [2H]C([2H])([2H])n1c(=O)n(C2CC(F)C(NC(=O)OC)C2)c2cc(Nc3ccc4cnn(C5(C(N)=O)CC(F)C5)c4n3)ncc21. The third kappa shape index (κ3) is 3.95. The number of aromatic nitrogens is 6. The maximum atomic E-state index is 14.9. The number of methoxy groups -OCH3 is 1. The van der Waals surface area contributed by atoms with Gasteiger partial charge in [-0.2, -0.15) is 5.10 Å². The number of carbonyl (C=O) groups is 2. The Labute approximate surface area is 229 Å². The lowest BCUT2D eigenvalue weighted by molar-refractivity contribution is -0.135. The molecule has 0 spiro atoms. The molecule has 4 aromatic heterocycles. The molecule has 2 aliphatic rings. The number of primary amides is 1. The summed E-state index contributed by atoms with van der Waals surface area (Å²) in [5.41, 5.74) is 3.86. The summed E-state index contributed by atoms with van der Waals surface area (Å²) in [6.45, 7) is -2.85. The standard InChI is InChI=1S/C25H27F2N9O4/c1-34-18-11-29-20(7-17(18)35(24(34)39)14-5-15(27)16(6-14)31-23(38)40-2)32-19-4-3-12-10-30-36(21(12)33-19)25(22(28)37)8-13(26)9-25/h3-4,7,10-11,13-16H,5-6,8-9H2,1-2H3,(H2,28,37)(H,31,38)(H,29,32,33)/i1D3. The second-order valence-corrected chi connectivity index (χ2v) is 10.1. The lowest BCUT2D eigenvalue weighted by Crippen LogP contribution is -2.57. The van der Waals surface area contributed by atoms with Crippen LogP contribution in [0.4, 0.5) is 25.2 Å². The number of hydrogen-bond donors (Lipinski definition) is 3. The zero-order chi connectivity index (χ0) is 30.8. The summed E-state index contributed by atoms with van der Waals surface area (Å²) in [5.74, 6) is -0.284. The summed E-state index contributed by atoms with van der Waals surface area (Å²) < 4.78 is 60.2. The van der Waals surface area contributed by atoms with Crippen LogP contribution in [0.5, 0.6) is 0 Å². The predicted octanol–water partition coefficient (Wildman–Crippen LogP) is 1.93. The van der Waals surface area contributed by atoms with Crippen LogP contribution in [0, 0.1) is 0 Å². The van der Waals surface area contributed by atoms with Crippen molar-refractivity contribution in [3.05, 3.63) is 41.1 Å². The number of imidazole rings is 1. The van der Waals surface area contributed by atoms with Gasteiger partial charge in [0.1, 0.15) is 29.5 Å². The van der Waals surface area contributed by atoms with Crippen LogP contribution in [-0.2, 0) is 22.0 Å². The number of nitrogens with one attached hydrogen (secondary N) is 2. The van der Waals surface area contributed by atoms with Crippen LogP contribution in [0.1, 0.15) is 35.8 Å². The van der Waals surface area contributed by atoms with Crippen LogP contribution >= 0.6 is 0 Å². The zero-order valence-corrected chi connectivity index (χ0v) is 21.2. The summed E-state index contributed by atoms with van der Waals surface area (Å²) in [7, 11) is 1.15. The number of anilines is 2. The van der Waals surface area contributed by atoms with Gasteiger partial charge in [0, 0.05) is 47.8 Å². The monoisotopic (exact) mass is 558 g/mol. The molecule has 3 unspecified atom stereocenters. The van der Waals surface area contributed by atoms with E-state index in [4.69, 9.17) is 9.85 Å². The molecular weight excluding hydrogens is 528 g/mol. The lowest BCUT2D eigenvalue weighted by Gasteiger charge is -2.41. The van der Waals surface area contributed by atoms with E-state index in [1.165, 1.54) is 27.7 Å². The molecule has 2 amide bonds. The Morgan fingerprint density at radius 2 is 2.00 bits per heavy atom. The summed E-state index contributed by atoms with van der Waals surface area (Å²) in [5, 5.41) is 10.2. The van der Waals surface area contributed by atoms with Gasteiger partial charge < -0.3 is 21.1 Å². The largest absolute Gasteiger partial charge is 0.453 e. The van der Waals surface area contributed by atoms with Crippen LogP contribution in [0.15, 0.2) is 35.4 Å². The second kappa shape index (κ2) is 9.27. The topological polar surface area (TPSA) is 164 Å². The van der Waals surface area contributed by atoms with Crippen molar-refractivity contribution in [2.24, 2.45) is 12.7 Å². The Balaban J connectivity index is 1.38. The minimum Gasteiger partial charge on any atom is -0.453 e. The average Bonchev–Trinajstić information content (AvgIpc) is 3.58. The molecule has 210 valence electrons. The van der Waals surface area contributed by atoms with Gasteiger partial charge in [-0.25, -0.2) is 33.0 Å². The Bertz CT molecular complexity index is 1820. The zero-order valence-electron chi connectivity index (χ0n) is 24.2. The Morgan fingerprint density at radius 3 is 2.70 bits per heavy atom.